The lowest BCUT2D eigenvalue weighted by Gasteiger charge is -2.02. The Kier molecular flexibility index (Phi) is 7.43. The molecule has 126 valence electrons. The molecule has 3 N–H and O–H groups in total. The maximum absolute atomic E-state index is 11.6. The highest BCUT2D eigenvalue weighted by atomic mass is 32.2. The van der Waals surface area contributed by atoms with E-state index >= 15 is 0 Å². The summed E-state index contributed by atoms with van der Waals surface area (Å²) in [6, 6.07) is 5.86. The van der Waals surface area contributed by atoms with Crippen LogP contribution < -0.4 is 10.5 Å². The molecule has 0 bridgehead atoms. The molecule has 0 aliphatic rings. The third kappa shape index (κ3) is 7.57. The number of sulfonamides is 1. The van der Waals surface area contributed by atoms with Crippen molar-refractivity contribution in [2.45, 2.75) is 24.2 Å². The lowest BCUT2D eigenvalue weighted by atomic mass is 10.2. The Labute approximate surface area is 135 Å². The molecule has 8 heteroatoms. The number of amides is 1. The molecule has 0 atom stereocenters. The first kappa shape index (κ1) is 18.9. The molecule has 0 radical (unpaired) electrons. The molecule has 0 aromatic heterocycles. The smallest absolute Gasteiger partial charge is 0.305 e. The number of hydrogen-bond acceptors (Lipinski definition) is 5. The summed E-state index contributed by atoms with van der Waals surface area (Å²) in [6.07, 6.45) is 4.57. The fourth-order valence-corrected chi connectivity index (χ4v) is 2.22. The van der Waals surface area contributed by atoms with Gasteiger partial charge in [0.2, 0.25) is 15.9 Å². The molecule has 7 nitrogen and oxygen atoms in total. The number of primary sulfonamides is 1. The van der Waals surface area contributed by atoms with Crippen molar-refractivity contribution in [1.29, 1.82) is 0 Å². The molecule has 1 aromatic rings. The molecule has 0 saturated carbocycles. The molecule has 0 fully saturated rings. The van der Waals surface area contributed by atoms with Crippen LogP contribution >= 0.6 is 0 Å². The number of unbranched alkanes of at least 4 members (excludes halogenated alkanes) is 1. The molecule has 23 heavy (non-hydrogen) atoms. The summed E-state index contributed by atoms with van der Waals surface area (Å²) in [5.74, 6) is -0.530. The molecule has 0 aliphatic carbocycles. The van der Waals surface area contributed by atoms with E-state index in [-0.39, 0.29) is 16.8 Å². The Hall–Kier alpha value is -2.19. The SMILES string of the molecule is COC(=O)CCCCNC(=O)/C=C/c1ccc(S(N)(=O)=O)cc1. The number of hydrogen-bond donors (Lipinski definition) is 2. The number of rotatable bonds is 8. The van der Waals surface area contributed by atoms with Crippen LogP contribution in [0.3, 0.4) is 0 Å². The number of esters is 1. The minimum absolute atomic E-state index is 0.0182. The quantitative estimate of drug-likeness (QED) is 0.413. The van der Waals surface area contributed by atoms with Crippen LogP contribution in [0.2, 0.25) is 0 Å². The average Bonchev–Trinajstić information content (AvgIpc) is 2.51. The molecule has 0 heterocycles. The Morgan fingerprint density at radius 1 is 1.22 bits per heavy atom. The topological polar surface area (TPSA) is 116 Å². The van der Waals surface area contributed by atoms with Gasteiger partial charge in [-0.2, -0.15) is 0 Å². The predicted octanol–water partition coefficient (Wildman–Crippen LogP) is 0.807. The summed E-state index contributed by atoms with van der Waals surface area (Å²) >= 11 is 0. The highest BCUT2D eigenvalue weighted by Gasteiger charge is 2.06. The summed E-state index contributed by atoms with van der Waals surface area (Å²) in [5, 5.41) is 7.68. The summed E-state index contributed by atoms with van der Waals surface area (Å²) in [7, 11) is -2.38. The lowest BCUT2D eigenvalue weighted by Crippen LogP contribution is -2.22. The minimum Gasteiger partial charge on any atom is -0.469 e. The van der Waals surface area contributed by atoms with Gasteiger partial charge in [-0.05, 0) is 36.6 Å². The normalized spacial score (nSPS) is 11.4. The Bertz CT molecular complexity index is 666. The van der Waals surface area contributed by atoms with E-state index in [4.69, 9.17) is 5.14 Å². The van der Waals surface area contributed by atoms with Gasteiger partial charge in [0.15, 0.2) is 0 Å². The summed E-state index contributed by atoms with van der Waals surface area (Å²) in [4.78, 5) is 22.5. The van der Waals surface area contributed by atoms with Gasteiger partial charge in [-0.3, -0.25) is 9.59 Å². The molecule has 0 unspecified atom stereocenters. The van der Waals surface area contributed by atoms with Gasteiger partial charge in [-0.25, -0.2) is 13.6 Å². The molecular weight excluding hydrogens is 320 g/mol. The van der Waals surface area contributed by atoms with Gasteiger partial charge < -0.3 is 10.1 Å². The van der Waals surface area contributed by atoms with Crippen molar-refractivity contribution < 1.29 is 22.7 Å². The van der Waals surface area contributed by atoms with E-state index in [1.54, 1.807) is 18.2 Å². The van der Waals surface area contributed by atoms with E-state index in [0.717, 1.165) is 0 Å². The molecule has 0 spiro atoms. The summed E-state index contributed by atoms with van der Waals surface area (Å²) in [5.41, 5.74) is 0.679. The van der Waals surface area contributed by atoms with Crippen LogP contribution in [-0.2, 0) is 24.3 Å². The Morgan fingerprint density at radius 2 is 1.87 bits per heavy atom. The number of nitrogens with one attached hydrogen (secondary N) is 1. The van der Waals surface area contributed by atoms with Crippen molar-refractivity contribution in [1.82, 2.24) is 5.32 Å². The van der Waals surface area contributed by atoms with Crippen LogP contribution in [0.15, 0.2) is 35.2 Å². The largest absolute Gasteiger partial charge is 0.469 e. The van der Waals surface area contributed by atoms with Crippen molar-refractivity contribution >= 4 is 28.0 Å². The zero-order valence-corrected chi connectivity index (χ0v) is 13.6. The van der Waals surface area contributed by atoms with Gasteiger partial charge in [0.05, 0.1) is 12.0 Å². The van der Waals surface area contributed by atoms with Crippen LogP contribution in [-0.4, -0.2) is 33.9 Å². The monoisotopic (exact) mass is 340 g/mol. The number of carbonyl (C=O) groups is 2. The van der Waals surface area contributed by atoms with Gasteiger partial charge >= 0.3 is 5.97 Å². The number of nitrogens with two attached hydrogens (primary N) is 1. The van der Waals surface area contributed by atoms with Gasteiger partial charge in [0.1, 0.15) is 0 Å². The second-order valence-corrected chi connectivity index (χ2v) is 6.33. The van der Waals surface area contributed by atoms with Crippen molar-refractivity contribution in [3.63, 3.8) is 0 Å². The molecule has 1 aromatic carbocycles. The van der Waals surface area contributed by atoms with Crippen molar-refractivity contribution in [3.05, 3.63) is 35.9 Å². The van der Waals surface area contributed by atoms with Crippen LogP contribution in [0.1, 0.15) is 24.8 Å². The maximum atomic E-state index is 11.6. The molecule has 1 rings (SSSR count). The highest BCUT2D eigenvalue weighted by Crippen LogP contribution is 2.09. The minimum atomic E-state index is -3.71. The summed E-state index contributed by atoms with van der Waals surface area (Å²) in [6.45, 7) is 0.463. The van der Waals surface area contributed by atoms with Crippen LogP contribution in [0.25, 0.3) is 6.08 Å². The Balaban J connectivity index is 2.36. The van der Waals surface area contributed by atoms with Crippen molar-refractivity contribution in [2.24, 2.45) is 5.14 Å². The Morgan fingerprint density at radius 3 is 2.43 bits per heavy atom. The molecule has 0 aliphatic heterocycles. The maximum Gasteiger partial charge on any atom is 0.305 e. The van der Waals surface area contributed by atoms with E-state index < -0.39 is 10.0 Å². The molecule has 0 saturated heterocycles. The first-order valence-electron chi connectivity index (χ1n) is 6.98. The van der Waals surface area contributed by atoms with E-state index in [1.165, 1.54) is 25.3 Å². The van der Waals surface area contributed by atoms with Crippen molar-refractivity contribution in [2.75, 3.05) is 13.7 Å². The lowest BCUT2D eigenvalue weighted by molar-refractivity contribution is -0.140. The number of carbonyl (C=O) groups excluding carboxylic acids is 2. The average molecular weight is 340 g/mol. The second-order valence-electron chi connectivity index (χ2n) is 4.77. The molecule has 1 amide bonds. The van der Waals surface area contributed by atoms with Gasteiger partial charge in [-0.15, -0.1) is 0 Å². The van der Waals surface area contributed by atoms with Gasteiger partial charge in [0, 0.05) is 19.0 Å². The third-order valence-corrected chi connectivity index (χ3v) is 3.90. The van der Waals surface area contributed by atoms with Gasteiger partial charge in [0.25, 0.3) is 0 Å². The van der Waals surface area contributed by atoms with Crippen LogP contribution in [0.5, 0.6) is 0 Å². The van der Waals surface area contributed by atoms with Crippen LogP contribution in [0.4, 0.5) is 0 Å². The zero-order valence-electron chi connectivity index (χ0n) is 12.8. The van der Waals surface area contributed by atoms with Crippen molar-refractivity contribution in [3.8, 4) is 0 Å². The van der Waals surface area contributed by atoms with E-state index in [2.05, 4.69) is 10.1 Å². The fraction of sp³-hybridized carbons (Fsp3) is 0.333. The van der Waals surface area contributed by atoms with E-state index in [0.29, 0.717) is 31.4 Å². The van der Waals surface area contributed by atoms with Gasteiger partial charge in [-0.1, -0.05) is 12.1 Å². The van der Waals surface area contributed by atoms with Crippen LogP contribution in [0, 0.1) is 0 Å². The fourth-order valence-electron chi connectivity index (χ4n) is 1.71. The van der Waals surface area contributed by atoms with E-state index in [1.807, 2.05) is 0 Å². The standard InChI is InChI=1S/C15H20N2O5S/c1-22-15(19)4-2-3-11-17-14(18)10-7-12-5-8-13(9-6-12)23(16,20)21/h5-10H,2-4,11H2,1H3,(H,17,18)(H2,16,20,21)/b10-7+. The highest BCUT2D eigenvalue weighted by molar-refractivity contribution is 7.89. The third-order valence-electron chi connectivity index (χ3n) is 2.97. The predicted molar refractivity (Wildman–Crippen MR) is 85.7 cm³/mol. The second kappa shape index (κ2) is 9.06. The first-order valence-corrected chi connectivity index (χ1v) is 8.53. The number of ether oxygens (including phenoxy) is 1. The summed E-state index contributed by atoms with van der Waals surface area (Å²) < 4.78 is 26.7. The number of benzene rings is 1. The number of methoxy groups -OCH3 is 1. The molecular formula is C15H20N2O5S. The van der Waals surface area contributed by atoms with E-state index in [9.17, 15) is 18.0 Å². The zero-order chi connectivity index (χ0) is 17.3. The first-order chi connectivity index (χ1) is 10.8.